The van der Waals surface area contributed by atoms with Crippen LogP contribution in [0.4, 0.5) is 0 Å². The van der Waals surface area contributed by atoms with Gasteiger partial charge in [0, 0.05) is 0 Å². The van der Waals surface area contributed by atoms with E-state index in [0.717, 1.165) is 0 Å². The van der Waals surface area contributed by atoms with E-state index >= 15 is 0 Å². The van der Waals surface area contributed by atoms with E-state index in [4.69, 9.17) is 22.1 Å². The van der Waals surface area contributed by atoms with Crippen molar-refractivity contribution in [2.24, 2.45) is 0 Å². The summed E-state index contributed by atoms with van der Waals surface area (Å²) in [7, 11) is 0. The molecule has 0 aromatic heterocycles. The molecule has 0 spiro atoms. The molecular weight excluding hydrogens is 188 g/mol. The first kappa shape index (κ1) is 14.0. The molecule has 0 amide bonds. The van der Waals surface area contributed by atoms with Crippen molar-refractivity contribution in [3.8, 4) is 0 Å². The molecule has 0 aromatic rings. The number of rotatable bonds is 0. The zero-order chi connectivity index (χ0) is 11.4. The van der Waals surface area contributed by atoms with Crippen LogP contribution in [0.2, 0.25) is 0 Å². The van der Waals surface area contributed by atoms with E-state index < -0.39 is 0 Å². The van der Waals surface area contributed by atoms with Crippen LogP contribution in [0.3, 0.4) is 0 Å². The van der Waals surface area contributed by atoms with Crippen molar-refractivity contribution in [1.29, 1.82) is 22.1 Å². The summed E-state index contributed by atoms with van der Waals surface area (Å²) in [4.78, 5) is 24.6. The van der Waals surface area contributed by atoms with E-state index in [9.17, 15) is 9.59 Å². The third-order valence-electron chi connectivity index (χ3n) is 0.824. The molecule has 0 bridgehead atoms. The van der Waals surface area contributed by atoms with Crippen LogP contribution in [0, 0.1) is 22.1 Å². The highest BCUT2D eigenvalue weighted by Gasteiger charge is 1.97. The molecule has 8 nitrogen and oxygen atoms in total. The van der Waals surface area contributed by atoms with E-state index in [1.54, 1.807) is 0 Å². The van der Waals surface area contributed by atoms with Gasteiger partial charge < -0.3 is 0 Å². The molecule has 0 saturated carbocycles. The molecule has 72 valence electrons. The first-order chi connectivity index (χ1) is 6.62. The lowest BCUT2D eigenvalue weighted by atomic mass is 10.2. The number of hydrogen-bond donors (Lipinski definition) is 4. The summed E-state index contributed by atoms with van der Waals surface area (Å²) in [5.74, 6) is -0.241. The number of nitrogens with zero attached hydrogens (tertiary/aromatic N) is 2. The van der Waals surface area contributed by atoms with Crippen LogP contribution in [0.25, 0.3) is 0 Å². The van der Waals surface area contributed by atoms with Crippen molar-refractivity contribution >= 4 is 11.6 Å². The van der Waals surface area contributed by atoms with Gasteiger partial charge in [-0.3, -0.25) is 9.59 Å². The van der Waals surface area contributed by atoms with Gasteiger partial charge in [-0.25, -0.2) is 0 Å². The Balaban J connectivity index is 0. The summed E-state index contributed by atoms with van der Waals surface area (Å²) < 4.78 is 0. The van der Waals surface area contributed by atoms with E-state index in [1.165, 1.54) is 24.3 Å². The molecule has 4 N–H and O–H groups in total. The Morgan fingerprint density at radius 2 is 0.857 bits per heavy atom. The Labute approximate surface area is 78.4 Å². The molecular formula is C6H8N6O2+2. The maximum atomic E-state index is 10.3. The lowest BCUT2D eigenvalue weighted by Crippen LogP contribution is -1.97. The van der Waals surface area contributed by atoms with Crippen molar-refractivity contribution in [3.63, 3.8) is 0 Å². The van der Waals surface area contributed by atoms with Gasteiger partial charge in [0.25, 0.3) is 0 Å². The van der Waals surface area contributed by atoms with Crippen molar-refractivity contribution in [3.05, 3.63) is 24.3 Å². The standard InChI is InChI=1S/C6H4O2.2H2N3/c7-5-1-2-6(8)4-3-5;2*1-3-2/h1-4H;2*1-2H/q;2*+1. The van der Waals surface area contributed by atoms with Crippen molar-refractivity contribution in [2.75, 3.05) is 0 Å². The first-order valence-electron chi connectivity index (χ1n) is 3.12. The molecule has 0 saturated heterocycles. The Morgan fingerprint density at radius 1 is 0.714 bits per heavy atom. The lowest BCUT2D eigenvalue weighted by molar-refractivity contribution is -0.113. The third-order valence-corrected chi connectivity index (χ3v) is 0.824. The average Bonchev–Trinajstić information content (AvgIpc) is 2.13. The van der Waals surface area contributed by atoms with Crippen LogP contribution in [0.15, 0.2) is 24.3 Å². The molecule has 0 radical (unpaired) electrons. The molecule has 0 heterocycles. The summed E-state index contributed by atoms with van der Waals surface area (Å²) in [5, 5.41) is 0. The Morgan fingerprint density at radius 3 is 1.00 bits per heavy atom. The molecule has 14 heavy (non-hydrogen) atoms. The molecule has 0 atom stereocenters. The average molecular weight is 196 g/mol. The highest BCUT2D eigenvalue weighted by molar-refractivity contribution is 6.14. The van der Waals surface area contributed by atoms with E-state index in [2.05, 4.69) is 0 Å². The summed E-state index contributed by atoms with van der Waals surface area (Å²) in [6.07, 6.45) is 5.01. The van der Waals surface area contributed by atoms with Gasteiger partial charge in [0.05, 0.1) is 0 Å². The summed E-state index contributed by atoms with van der Waals surface area (Å²) in [6, 6.07) is 0. The fourth-order valence-corrected chi connectivity index (χ4v) is 0.440. The topological polar surface area (TPSA) is 158 Å². The second kappa shape index (κ2) is 10.4. The third kappa shape index (κ3) is 12.1. The second-order valence-corrected chi connectivity index (χ2v) is 1.70. The van der Waals surface area contributed by atoms with Crippen LogP contribution in [-0.4, -0.2) is 11.6 Å². The van der Waals surface area contributed by atoms with E-state index in [0.29, 0.717) is 0 Å². The number of allylic oxidation sites excluding steroid dienone is 4. The minimum Gasteiger partial charge on any atom is -0.290 e. The molecule has 8 heteroatoms. The second-order valence-electron chi connectivity index (χ2n) is 1.70. The van der Waals surface area contributed by atoms with Gasteiger partial charge in [0.15, 0.2) is 11.6 Å². The van der Waals surface area contributed by atoms with Crippen LogP contribution >= 0.6 is 0 Å². The fraction of sp³-hybridized carbons (Fsp3) is 0. The SMILES string of the molecule is N=[N+]=N.N=[N+]=N.O=C1C=CC(=O)C=C1. The Bertz CT molecular complexity index is 280. The van der Waals surface area contributed by atoms with Crippen molar-refractivity contribution in [2.45, 2.75) is 0 Å². The predicted octanol–water partition coefficient (Wildman–Crippen LogP) is 0.482. The zero-order valence-electron chi connectivity index (χ0n) is 7.02. The molecule has 1 rings (SSSR count). The maximum absolute atomic E-state index is 10.3. The van der Waals surface area contributed by atoms with Gasteiger partial charge in [-0.2, -0.15) is 0 Å². The van der Waals surface area contributed by atoms with Crippen LogP contribution in [0.5, 0.6) is 0 Å². The van der Waals surface area contributed by atoms with Crippen LogP contribution in [-0.2, 0) is 9.59 Å². The van der Waals surface area contributed by atoms with Crippen molar-refractivity contribution in [1.82, 2.24) is 9.82 Å². The monoisotopic (exact) mass is 196 g/mol. The molecule has 0 aliphatic heterocycles. The highest BCUT2D eigenvalue weighted by Crippen LogP contribution is 1.90. The number of carbonyl (C=O) groups is 2. The summed E-state index contributed by atoms with van der Waals surface area (Å²) in [6.45, 7) is 0. The van der Waals surface area contributed by atoms with E-state index in [1.807, 2.05) is 9.82 Å². The normalized spacial score (nSPS) is 11.1. The fourth-order valence-electron chi connectivity index (χ4n) is 0.440. The van der Waals surface area contributed by atoms with Crippen LogP contribution < -0.4 is 9.82 Å². The number of nitrogens with one attached hydrogen (secondary N) is 4. The minimum atomic E-state index is -0.121. The van der Waals surface area contributed by atoms with Gasteiger partial charge in [-0.15, -0.1) is 0 Å². The van der Waals surface area contributed by atoms with Crippen LogP contribution in [0.1, 0.15) is 0 Å². The molecule has 0 fully saturated rings. The molecule has 1 aliphatic rings. The summed E-state index contributed by atoms with van der Waals surface area (Å²) >= 11 is 0. The predicted molar refractivity (Wildman–Crippen MR) is 43.4 cm³/mol. The molecule has 1 aliphatic carbocycles. The van der Waals surface area contributed by atoms with Crippen molar-refractivity contribution < 1.29 is 9.59 Å². The zero-order valence-corrected chi connectivity index (χ0v) is 7.02. The van der Waals surface area contributed by atoms with Gasteiger partial charge in [0.1, 0.15) is 22.1 Å². The minimum absolute atomic E-state index is 0.121. The Kier molecular flexibility index (Phi) is 10.4. The highest BCUT2D eigenvalue weighted by atomic mass is 16.1. The largest absolute Gasteiger partial charge is 0.290 e. The number of ketones is 2. The Hall–Kier alpha value is -2.56. The number of carbonyl (C=O) groups excluding carboxylic acids is 2. The molecule has 0 unspecified atom stereocenters. The summed E-state index contributed by atoms with van der Waals surface area (Å²) in [5.41, 5.74) is 22.0. The number of hydrogen-bond acceptors (Lipinski definition) is 6. The van der Waals surface area contributed by atoms with Gasteiger partial charge >= 0.3 is 0 Å². The van der Waals surface area contributed by atoms with Gasteiger partial charge in [-0.1, -0.05) is 0 Å². The molecule has 0 aromatic carbocycles. The van der Waals surface area contributed by atoms with E-state index in [-0.39, 0.29) is 11.6 Å². The van der Waals surface area contributed by atoms with Gasteiger partial charge in [-0.05, 0) is 24.3 Å². The first-order valence-corrected chi connectivity index (χ1v) is 3.12. The van der Waals surface area contributed by atoms with Gasteiger partial charge in [0.2, 0.25) is 9.82 Å². The smallest absolute Gasteiger partial charge is 0.211 e. The quantitative estimate of drug-likeness (QED) is 0.252. The maximum Gasteiger partial charge on any atom is 0.211 e. The lowest BCUT2D eigenvalue weighted by Gasteiger charge is -1.87.